The van der Waals surface area contributed by atoms with Crippen molar-refractivity contribution in [2.75, 3.05) is 5.32 Å². The minimum absolute atomic E-state index is 0.0915. The van der Waals surface area contributed by atoms with Crippen molar-refractivity contribution in [1.82, 2.24) is 16.0 Å². The molecule has 0 bridgehead atoms. The van der Waals surface area contributed by atoms with Gasteiger partial charge in [-0.25, -0.2) is 10.2 Å². The van der Waals surface area contributed by atoms with Crippen LogP contribution in [0.4, 0.5) is 5.82 Å². The second kappa shape index (κ2) is 12.9. The molecule has 7 N–H and O–H groups in total. The summed E-state index contributed by atoms with van der Waals surface area (Å²) in [5, 5.41) is 12.3. The van der Waals surface area contributed by atoms with Crippen LogP contribution in [0.5, 0.6) is 5.75 Å². The summed E-state index contributed by atoms with van der Waals surface area (Å²) in [6, 6.07) is 12.8. The van der Waals surface area contributed by atoms with Gasteiger partial charge in [-0.2, -0.15) is 21.6 Å². The van der Waals surface area contributed by atoms with Crippen LogP contribution in [0.25, 0.3) is 0 Å². The summed E-state index contributed by atoms with van der Waals surface area (Å²) in [6.45, 7) is 0.499. The minimum atomic E-state index is -1.64. The van der Waals surface area contributed by atoms with Gasteiger partial charge in [0.1, 0.15) is 11.3 Å². The van der Waals surface area contributed by atoms with E-state index in [9.17, 15) is 19.4 Å². The number of rotatable bonds is 13. The van der Waals surface area contributed by atoms with Crippen LogP contribution in [-0.4, -0.2) is 30.0 Å². The Morgan fingerprint density at radius 3 is 2.54 bits per heavy atom. The molecule has 0 unspecified atom stereocenters. The number of hydrazine groups is 1. The Labute approximate surface area is 210 Å². The Bertz CT molecular complexity index is 1260. The van der Waals surface area contributed by atoms with Crippen LogP contribution in [0.15, 0.2) is 63.2 Å². The molecule has 0 saturated carbocycles. The summed E-state index contributed by atoms with van der Waals surface area (Å²) in [6.07, 6.45) is -0.151. The summed E-state index contributed by atoms with van der Waals surface area (Å²) in [7, 11) is 0. The number of nitroso groups, excluding NO2 is 2. The van der Waals surface area contributed by atoms with Gasteiger partial charge in [-0.05, 0) is 42.7 Å². The number of anilines is 1. The third-order valence-electron chi connectivity index (χ3n) is 5.22. The van der Waals surface area contributed by atoms with E-state index in [1.165, 1.54) is 18.2 Å². The van der Waals surface area contributed by atoms with E-state index in [2.05, 4.69) is 36.3 Å². The number of carbonyl (C=O) groups is 2. The van der Waals surface area contributed by atoms with Crippen molar-refractivity contribution in [2.45, 2.75) is 25.8 Å². The lowest BCUT2D eigenvalue weighted by molar-refractivity contribution is 0.0498. The predicted octanol–water partition coefficient (Wildman–Crippen LogP) is 1.28. The van der Waals surface area contributed by atoms with Crippen LogP contribution in [0, 0.1) is 16.7 Å². The smallest absolute Gasteiger partial charge is 0.410 e. The molecular weight excluding hydrogens is 487 g/mol. The van der Waals surface area contributed by atoms with Gasteiger partial charge in [0.15, 0.2) is 11.6 Å². The fourth-order valence-electron chi connectivity index (χ4n) is 3.44. The largest absolute Gasteiger partial charge is 0.535 e. The van der Waals surface area contributed by atoms with Crippen LogP contribution in [0.1, 0.15) is 37.6 Å². The van der Waals surface area contributed by atoms with Crippen molar-refractivity contribution in [1.29, 1.82) is 0 Å². The van der Waals surface area contributed by atoms with Crippen molar-refractivity contribution in [3.8, 4) is 5.75 Å². The zero-order chi connectivity index (χ0) is 26.8. The molecule has 1 heterocycles. The first kappa shape index (κ1) is 26.9. The molecule has 192 valence electrons. The van der Waals surface area contributed by atoms with Gasteiger partial charge in [0.25, 0.3) is 5.91 Å². The SMILES string of the molecule is Cc1cc(NCc2cccc(C(=O)NN[C@@H](Cc3cccc(C(=O)ON)c3ON)B(N=O)N=O)c2)no1. The van der Waals surface area contributed by atoms with Gasteiger partial charge in [-0.15, -0.1) is 10.2 Å². The van der Waals surface area contributed by atoms with Crippen LogP contribution >= 0.6 is 0 Å². The number of para-hydroxylation sites is 1. The van der Waals surface area contributed by atoms with Crippen LogP contribution in [0.3, 0.4) is 0 Å². The monoisotopic (exact) mass is 510 g/mol. The lowest BCUT2D eigenvalue weighted by Crippen LogP contribution is -2.51. The molecule has 2 aromatic carbocycles. The highest BCUT2D eigenvalue weighted by Crippen LogP contribution is 2.25. The lowest BCUT2D eigenvalue weighted by atomic mass is 9.68. The normalized spacial score (nSPS) is 11.2. The molecule has 1 amide bonds. The number of nitrogens with two attached hydrogens (primary N) is 2. The highest BCUT2D eigenvalue weighted by atomic mass is 16.7. The highest BCUT2D eigenvalue weighted by Gasteiger charge is 2.33. The van der Waals surface area contributed by atoms with Crippen molar-refractivity contribution in [3.05, 3.63) is 86.4 Å². The Balaban J connectivity index is 1.72. The van der Waals surface area contributed by atoms with Crippen LogP contribution in [-0.2, 0) is 17.8 Å². The molecule has 3 aromatic rings. The minimum Gasteiger partial charge on any atom is -0.410 e. The van der Waals surface area contributed by atoms with E-state index < -0.39 is 24.8 Å². The van der Waals surface area contributed by atoms with Crippen molar-refractivity contribution >= 4 is 24.7 Å². The molecule has 0 aliphatic carbocycles. The van der Waals surface area contributed by atoms with Crippen LogP contribution in [0.2, 0.25) is 0 Å². The average molecular weight is 510 g/mol. The van der Waals surface area contributed by atoms with E-state index in [0.717, 1.165) is 5.56 Å². The molecule has 37 heavy (non-hydrogen) atoms. The molecule has 1 aromatic heterocycles. The van der Waals surface area contributed by atoms with E-state index in [1.54, 1.807) is 31.2 Å². The number of benzene rings is 2. The van der Waals surface area contributed by atoms with Crippen molar-refractivity contribution in [2.24, 2.45) is 22.0 Å². The Hall–Kier alpha value is -4.67. The number of aryl methyl sites for hydroxylation is 1. The topological polar surface area (TPSA) is 226 Å². The maximum Gasteiger partial charge on any atom is 0.535 e. The van der Waals surface area contributed by atoms with Gasteiger partial charge in [0.05, 0.1) is 5.94 Å². The predicted molar refractivity (Wildman–Crippen MR) is 131 cm³/mol. The number of nitrogens with zero attached hydrogens (tertiary/aromatic N) is 3. The first-order valence-electron chi connectivity index (χ1n) is 10.8. The Morgan fingerprint density at radius 1 is 1.14 bits per heavy atom. The Kier molecular flexibility index (Phi) is 9.37. The number of amides is 1. The van der Waals surface area contributed by atoms with Gasteiger partial charge in [0.2, 0.25) is 0 Å². The molecule has 0 radical (unpaired) electrons. The second-order valence-corrected chi connectivity index (χ2v) is 7.73. The molecule has 1 atom stereocenters. The maximum atomic E-state index is 12.8. The summed E-state index contributed by atoms with van der Waals surface area (Å²) < 4.78 is 5.00. The quantitative estimate of drug-likeness (QED) is 0.125. The first-order chi connectivity index (χ1) is 17.9. The standard InChI is InChI=1S/C21H23BN8O7/c1-12-8-18(28-37-12)25-11-13-4-2-6-15(9-13)20(31)27-26-17(22(29-33)30-34)10-14-5-3-7-16(19(14)35-23)21(32)36-24/h2-9,17,26H,10-11,23-24H2,1H3,(H,25,28)(H,27,31)/t17-/m0/s1. The van der Waals surface area contributed by atoms with Gasteiger partial charge in [-0.1, -0.05) is 29.4 Å². The third kappa shape index (κ3) is 6.94. The highest BCUT2D eigenvalue weighted by molar-refractivity contribution is 6.56. The van der Waals surface area contributed by atoms with Crippen LogP contribution < -0.4 is 32.8 Å². The summed E-state index contributed by atoms with van der Waals surface area (Å²) in [5.41, 5.74) is 6.30. The third-order valence-corrected chi connectivity index (χ3v) is 5.22. The van der Waals surface area contributed by atoms with Gasteiger partial charge in [-0.3, -0.25) is 10.2 Å². The van der Waals surface area contributed by atoms with E-state index in [-0.39, 0.29) is 28.9 Å². The average Bonchev–Trinajstić information content (AvgIpc) is 3.35. The van der Waals surface area contributed by atoms with E-state index >= 15 is 0 Å². The molecule has 0 aliphatic heterocycles. The molecular formula is C21H23BN8O7. The summed E-state index contributed by atoms with van der Waals surface area (Å²) >= 11 is 0. The van der Waals surface area contributed by atoms with E-state index in [4.69, 9.17) is 21.2 Å². The van der Waals surface area contributed by atoms with Crippen molar-refractivity contribution in [3.63, 3.8) is 0 Å². The summed E-state index contributed by atoms with van der Waals surface area (Å²) in [5.74, 6) is 8.74. The Morgan fingerprint density at radius 2 is 1.89 bits per heavy atom. The fraction of sp³-hybridized carbons (Fsp3) is 0.190. The molecule has 16 heteroatoms. The zero-order valence-corrected chi connectivity index (χ0v) is 19.5. The van der Waals surface area contributed by atoms with Crippen molar-refractivity contribution < 1.29 is 23.8 Å². The first-order valence-corrected chi connectivity index (χ1v) is 10.8. The zero-order valence-electron chi connectivity index (χ0n) is 19.5. The van der Waals surface area contributed by atoms with E-state index in [0.29, 0.717) is 18.1 Å². The maximum absolute atomic E-state index is 12.8. The molecule has 3 rings (SSSR count). The van der Waals surface area contributed by atoms with Gasteiger partial charge < -0.3 is 19.5 Å². The van der Waals surface area contributed by atoms with Gasteiger partial charge >= 0.3 is 13.0 Å². The molecule has 0 spiro atoms. The molecule has 0 aliphatic rings. The van der Waals surface area contributed by atoms with Gasteiger partial charge in [0, 0.05) is 18.2 Å². The number of carbonyl (C=O) groups excluding carboxylic acids is 2. The summed E-state index contributed by atoms with van der Waals surface area (Å²) in [4.78, 5) is 56.2. The second-order valence-electron chi connectivity index (χ2n) is 7.73. The fourth-order valence-corrected chi connectivity index (χ4v) is 3.44. The lowest BCUT2D eigenvalue weighted by Gasteiger charge is -2.19. The number of hydrogen-bond donors (Lipinski definition) is 5. The molecule has 15 nitrogen and oxygen atoms in total. The van der Waals surface area contributed by atoms with E-state index in [1.807, 2.05) is 6.07 Å². The molecule has 0 saturated heterocycles. The molecule has 0 fully saturated rings. The number of hydrogen-bond acceptors (Lipinski definition) is 14. The number of aromatic nitrogens is 1. The number of nitrogens with one attached hydrogen (secondary N) is 3.